The van der Waals surface area contributed by atoms with E-state index < -0.39 is 0 Å². The molecule has 138 valence electrons. The van der Waals surface area contributed by atoms with E-state index in [0.29, 0.717) is 18.0 Å². The third kappa shape index (κ3) is 4.82. The molecule has 2 aromatic carbocycles. The largest absolute Gasteiger partial charge is 0.492 e. The smallest absolute Gasteiger partial charge is 0.149 e. The molecule has 3 aromatic rings. The first-order valence-corrected chi connectivity index (χ1v) is 10.9. The SMILES string of the molecule is CCCCOc1c(I)cc(I)cc1C=C(C#N)c1nc2ccc(C)cc2[nH]1. The van der Waals surface area contributed by atoms with Gasteiger partial charge >= 0.3 is 0 Å². The molecule has 0 amide bonds. The first-order chi connectivity index (χ1) is 13.0. The molecular formula is C21H19I2N3O. The molecule has 0 spiro atoms. The molecule has 0 saturated heterocycles. The third-order valence-corrected chi connectivity index (χ3v) is 5.52. The summed E-state index contributed by atoms with van der Waals surface area (Å²) in [6.07, 6.45) is 3.93. The average Bonchev–Trinajstić information content (AvgIpc) is 3.04. The summed E-state index contributed by atoms with van der Waals surface area (Å²) < 4.78 is 8.17. The van der Waals surface area contributed by atoms with Gasteiger partial charge in [0.25, 0.3) is 0 Å². The van der Waals surface area contributed by atoms with Crippen molar-refractivity contribution in [2.75, 3.05) is 6.61 Å². The predicted molar refractivity (Wildman–Crippen MR) is 127 cm³/mol. The number of aryl methyl sites for hydroxylation is 1. The number of nitrogens with one attached hydrogen (secondary N) is 1. The molecule has 27 heavy (non-hydrogen) atoms. The molecule has 0 radical (unpaired) electrons. The number of rotatable bonds is 6. The van der Waals surface area contributed by atoms with E-state index in [4.69, 9.17) is 4.74 Å². The van der Waals surface area contributed by atoms with E-state index in [1.54, 1.807) is 0 Å². The van der Waals surface area contributed by atoms with Crippen LogP contribution in [0.3, 0.4) is 0 Å². The van der Waals surface area contributed by atoms with Gasteiger partial charge in [-0.2, -0.15) is 5.26 Å². The van der Waals surface area contributed by atoms with Crippen LogP contribution in [0.5, 0.6) is 5.75 Å². The van der Waals surface area contributed by atoms with Crippen molar-refractivity contribution in [2.45, 2.75) is 26.7 Å². The van der Waals surface area contributed by atoms with Crippen LogP contribution in [0.2, 0.25) is 0 Å². The molecule has 1 N–H and O–H groups in total. The number of nitrogens with zero attached hydrogens (tertiary/aromatic N) is 2. The van der Waals surface area contributed by atoms with Crippen molar-refractivity contribution in [1.29, 1.82) is 5.26 Å². The Morgan fingerprint density at radius 3 is 2.85 bits per heavy atom. The molecule has 0 atom stereocenters. The summed E-state index contributed by atoms with van der Waals surface area (Å²) in [6.45, 7) is 4.84. The fourth-order valence-corrected chi connectivity index (χ4v) is 4.76. The number of imidazole rings is 1. The normalized spacial score (nSPS) is 11.6. The van der Waals surface area contributed by atoms with E-state index in [1.807, 2.05) is 37.3 Å². The molecule has 6 heteroatoms. The first kappa shape index (κ1) is 20.1. The van der Waals surface area contributed by atoms with E-state index in [0.717, 1.165) is 47.9 Å². The van der Waals surface area contributed by atoms with Gasteiger partial charge in [-0.3, -0.25) is 0 Å². The van der Waals surface area contributed by atoms with Gasteiger partial charge in [0.15, 0.2) is 0 Å². The maximum atomic E-state index is 9.74. The van der Waals surface area contributed by atoms with Crippen molar-refractivity contribution in [3.8, 4) is 11.8 Å². The number of aromatic amines is 1. The van der Waals surface area contributed by atoms with Gasteiger partial charge in [-0.25, -0.2) is 4.98 Å². The van der Waals surface area contributed by atoms with Gasteiger partial charge in [-0.1, -0.05) is 19.4 Å². The Morgan fingerprint density at radius 2 is 2.11 bits per heavy atom. The average molecular weight is 583 g/mol. The maximum absolute atomic E-state index is 9.74. The Labute approximate surface area is 186 Å². The Kier molecular flexibility index (Phi) is 6.76. The zero-order chi connectivity index (χ0) is 19.4. The van der Waals surface area contributed by atoms with Crippen LogP contribution in [0.25, 0.3) is 22.7 Å². The lowest BCUT2D eigenvalue weighted by atomic mass is 10.1. The van der Waals surface area contributed by atoms with Crippen molar-refractivity contribution < 1.29 is 4.74 Å². The lowest BCUT2D eigenvalue weighted by molar-refractivity contribution is 0.306. The third-order valence-electron chi connectivity index (χ3n) is 4.09. The van der Waals surface area contributed by atoms with Crippen molar-refractivity contribution >= 4 is 67.9 Å². The van der Waals surface area contributed by atoms with E-state index in [9.17, 15) is 5.26 Å². The van der Waals surface area contributed by atoms with Gasteiger partial charge in [-0.05, 0) is 94.4 Å². The van der Waals surface area contributed by atoms with Crippen LogP contribution in [0.1, 0.15) is 36.7 Å². The topological polar surface area (TPSA) is 61.7 Å². The highest BCUT2D eigenvalue weighted by atomic mass is 127. The number of H-pyrrole nitrogens is 1. The Morgan fingerprint density at radius 1 is 1.30 bits per heavy atom. The van der Waals surface area contributed by atoms with Crippen molar-refractivity contribution in [3.63, 3.8) is 0 Å². The number of hydrogen-bond donors (Lipinski definition) is 1. The van der Waals surface area contributed by atoms with Gasteiger partial charge in [0.05, 0.1) is 26.8 Å². The van der Waals surface area contributed by atoms with Crippen LogP contribution in [-0.4, -0.2) is 16.6 Å². The van der Waals surface area contributed by atoms with Gasteiger partial charge in [-0.15, -0.1) is 0 Å². The Balaban J connectivity index is 2.05. The molecule has 0 aliphatic heterocycles. The van der Waals surface area contributed by atoms with E-state index in [-0.39, 0.29) is 0 Å². The van der Waals surface area contributed by atoms with E-state index in [2.05, 4.69) is 74.2 Å². The number of aromatic nitrogens is 2. The van der Waals surface area contributed by atoms with Gasteiger partial charge in [0, 0.05) is 9.13 Å². The monoisotopic (exact) mass is 583 g/mol. The summed E-state index contributed by atoms with van der Waals surface area (Å²) in [5.41, 5.74) is 4.33. The van der Waals surface area contributed by atoms with Crippen LogP contribution in [0, 0.1) is 25.4 Å². The Bertz CT molecular complexity index is 1050. The molecule has 0 saturated carbocycles. The standard InChI is InChI=1S/C21H19I2N3O/c1-3-4-7-27-20-14(10-16(22)11-17(20)23)9-15(12-24)21-25-18-6-5-13(2)8-19(18)26-21/h5-6,8-11H,3-4,7H2,1-2H3,(H,25,26). The number of nitriles is 1. The summed E-state index contributed by atoms with van der Waals surface area (Å²) in [7, 11) is 0. The number of hydrogen-bond acceptors (Lipinski definition) is 3. The highest BCUT2D eigenvalue weighted by Crippen LogP contribution is 2.32. The first-order valence-electron chi connectivity index (χ1n) is 8.72. The van der Waals surface area contributed by atoms with Crippen LogP contribution < -0.4 is 4.74 Å². The molecule has 4 nitrogen and oxygen atoms in total. The summed E-state index contributed by atoms with van der Waals surface area (Å²) in [5, 5.41) is 9.74. The second-order valence-corrected chi connectivity index (χ2v) is 8.69. The van der Waals surface area contributed by atoms with Crippen LogP contribution >= 0.6 is 45.2 Å². The molecule has 0 bridgehead atoms. The predicted octanol–water partition coefficient (Wildman–Crippen LogP) is 6.32. The minimum atomic E-state index is 0.488. The minimum Gasteiger partial charge on any atom is -0.492 e. The zero-order valence-electron chi connectivity index (χ0n) is 15.1. The van der Waals surface area contributed by atoms with Crippen molar-refractivity contribution in [2.24, 2.45) is 0 Å². The highest BCUT2D eigenvalue weighted by molar-refractivity contribution is 14.1. The van der Waals surface area contributed by atoms with Gasteiger partial charge < -0.3 is 9.72 Å². The molecule has 0 unspecified atom stereocenters. The second-order valence-electron chi connectivity index (χ2n) is 6.28. The number of allylic oxidation sites excluding steroid dienone is 1. The van der Waals surface area contributed by atoms with E-state index >= 15 is 0 Å². The zero-order valence-corrected chi connectivity index (χ0v) is 19.5. The molecule has 0 aliphatic rings. The van der Waals surface area contributed by atoms with Crippen LogP contribution in [-0.2, 0) is 0 Å². The molecule has 1 heterocycles. The summed E-state index contributed by atoms with van der Waals surface area (Å²) in [6, 6.07) is 12.4. The number of halogens is 2. The molecule has 1 aromatic heterocycles. The fourth-order valence-electron chi connectivity index (χ4n) is 2.72. The lowest BCUT2D eigenvalue weighted by Crippen LogP contribution is -2.01. The quantitative estimate of drug-likeness (QED) is 0.210. The second kappa shape index (κ2) is 9.06. The molecular weight excluding hydrogens is 564 g/mol. The fraction of sp³-hybridized carbons (Fsp3) is 0.238. The molecule has 0 aliphatic carbocycles. The van der Waals surface area contributed by atoms with Crippen molar-refractivity contribution in [3.05, 3.63) is 54.4 Å². The summed E-state index contributed by atoms with van der Waals surface area (Å²) in [4.78, 5) is 7.84. The van der Waals surface area contributed by atoms with Gasteiger partial charge in [0.1, 0.15) is 17.6 Å². The minimum absolute atomic E-state index is 0.488. The Hall–Kier alpha value is -1.60. The number of unbranched alkanes of at least 4 members (excludes halogenated alkanes) is 1. The summed E-state index contributed by atoms with van der Waals surface area (Å²) >= 11 is 4.57. The van der Waals surface area contributed by atoms with Crippen molar-refractivity contribution in [1.82, 2.24) is 9.97 Å². The number of fused-ring (bicyclic) bond motifs is 1. The lowest BCUT2D eigenvalue weighted by Gasteiger charge is -2.12. The number of benzene rings is 2. The van der Waals surface area contributed by atoms with Crippen LogP contribution in [0.15, 0.2) is 30.3 Å². The van der Waals surface area contributed by atoms with E-state index in [1.165, 1.54) is 0 Å². The maximum Gasteiger partial charge on any atom is 0.149 e. The molecule has 0 fully saturated rings. The molecule has 3 rings (SSSR count). The van der Waals surface area contributed by atoms with Crippen LogP contribution in [0.4, 0.5) is 0 Å². The summed E-state index contributed by atoms with van der Waals surface area (Å²) in [5.74, 6) is 1.40. The van der Waals surface area contributed by atoms with Gasteiger partial charge in [0.2, 0.25) is 0 Å². The number of ether oxygens (including phenoxy) is 1. The highest BCUT2D eigenvalue weighted by Gasteiger charge is 2.13.